The van der Waals surface area contributed by atoms with Crippen LogP contribution in [0.1, 0.15) is 29.8 Å². The molecule has 31 heavy (non-hydrogen) atoms. The van der Waals surface area contributed by atoms with Crippen molar-refractivity contribution >= 4 is 5.82 Å². The van der Waals surface area contributed by atoms with Crippen LogP contribution < -0.4 is 15.4 Å². The van der Waals surface area contributed by atoms with E-state index < -0.39 is 0 Å². The largest absolute Gasteiger partial charge is 0.456 e. The molecule has 0 saturated carbocycles. The molecular weight excluding hydrogens is 392 g/mol. The van der Waals surface area contributed by atoms with E-state index in [2.05, 4.69) is 25.9 Å². The zero-order valence-corrected chi connectivity index (χ0v) is 17.6. The predicted molar refractivity (Wildman–Crippen MR) is 117 cm³/mol. The van der Waals surface area contributed by atoms with Crippen molar-refractivity contribution in [2.75, 3.05) is 31.2 Å². The number of hydrogen-bond acceptors (Lipinski definition) is 8. The van der Waals surface area contributed by atoms with Gasteiger partial charge in [-0.05, 0) is 32.0 Å². The molecule has 4 rings (SSSR count). The van der Waals surface area contributed by atoms with Crippen molar-refractivity contribution in [1.29, 1.82) is 5.26 Å². The number of nitrogens with two attached hydrogens (primary N) is 1. The fourth-order valence-electron chi connectivity index (χ4n) is 3.33. The Labute approximate surface area is 181 Å². The van der Waals surface area contributed by atoms with Crippen LogP contribution in [0.4, 0.5) is 5.82 Å². The molecule has 1 fully saturated rings. The van der Waals surface area contributed by atoms with Crippen LogP contribution in [0.3, 0.4) is 0 Å². The second-order valence-electron chi connectivity index (χ2n) is 7.46. The molecule has 1 atom stereocenters. The Bertz CT molecular complexity index is 1100. The van der Waals surface area contributed by atoms with E-state index in [4.69, 9.17) is 15.2 Å². The highest BCUT2D eigenvalue weighted by atomic mass is 16.5. The van der Waals surface area contributed by atoms with Gasteiger partial charge < -0.3 is 20.1 Å². The average molecular weight is 416 g/mol. The fraction of sp³-hybridized carbons (Fsp3) is 0.304. The molecule has 8 heteroatoms. The first-order valence-electron chi connectivity index (χ1n) is 10.1. The third-order valence-electron chi connectivity index (χ3n) is 5.03. The number of aromatic nitrogens is 3. The summed E-state index contributed by atoms with van der Waals surface area (Å²) in [5.74, 6) is 2.49. The number of aryl methyl sites for hydroxylation is 1. The molecule has 1 saturated heterocycles. The van der Waals surface area contributed by atoms with Gasteiger partial charge in [0.1, 0.15) is 17.3 Å². The summed E-state index contributed by atoms with van der Waals surface area (Å²) in [6, 6.07) is 11.0. The summed E-state index contributed by atoms with van der Waals surface area (Å²) >= 11 is 0. The summed E-state index contributed by atoms with van der Waals surface area (Å²) in [6.45, 7) is 6.73. The van der Waals surface area contributed by atoms with Crippen LogP contribution in [-0.4, -0.2) is 41.3 Å². The Morgan fingerprint density at radius 1 is 1.16 bits per heavy atom. The van der Waals surface area contributed by atoms with Gasteiger partial charge in [-0.25, -0.2) is 15.0 Å². The van der Waals surface area contributed by atoms with Gasteiger partial charge in [-0.1, -0.05) is 0 Å². The van der Waals surface area contributed by atoms with E-state index in [1.165, 1.54) is 0 Å². The van der Waals surface area contributed by atoms with Crippen LogP contribution in [0, 0.1) is 18.3 Å². The highest BCUT2D eigenvalue weighted by Gasteiger charge is 2.16. The summed E-state index contributed by atoms with van der Waals surface area (Å²) in [6.07, 6.45) is 3.42. The van der Waals surface area contributed by atoms with Gasteiger partial charge in [0.05, 0.1) is 30.4 Å². The predicted octanol–water partition coefficient (Wildman–Crippen LogP) is 3.37. The number of nitrogens with zero attached hydrogens (tertiary/aromatic N) is 5. The Hall–Kier alpha value is -3.54. The molecule has 0 bridgehead atoms. The number of hydrogen-bond donors (Lipinski definition) is 1. The topological polar surface area (TPSA) is 110 Å². The second-order valence-corrected chi connectivity index (χ2v) is 7.46. The lowest BCUT2D eigenvalue weighted by Gasteiger charge is -2.28. The van der Waals surface area contributed by atoms with Crippen molar-refractivity contribution in [3.63, 3.8) is 0 Å². The smallest absolute Gasteiger partial charge is 0.162 e. The summed E-state index contributed by atoms with van der Waals surface area (Å²) in [7, 11) is 0. The van der Waals surface area contributed by atoms with E-state index >= 15 is 0 Å². The summed E-state index contributed by atoms with van der Waals surface area (Å²) in [5.41, 5.74) is 8.78. The monoisotopic (exact) mass is 416 g/mol. The molecule has 2 aromatic heterocycles. The minimum atomic E-state index is -0.149. The molecule has 0 amide bonds. The standard InChI is InChI=1S/C23H24N6O2/c1-15-9-19(11-22(28-15)29-5-7-30-8-6-29)31-21-10-17(12-24)3-4-20(21)23-26-13-18(14-27-23)16(2)25/h3-4,9-11,13-14,16H,5-8,25H2,1-2H3. The fourth-order valence-corrected chi connectivity index (χ4v) is 3.33. The lowest BCUT2D eigenvalue weighted by atomic mass is 10.1. The van der Waals surface area contributed by atoms with Crippen molar-refractivity contribution in [3.8, 4) is 29.0 Å². The quantitative estimate of drug-likeness (QED) is 0.674. The summed E-state index contributed by atoms with van der Waals surface area (Å²) in [4.78, 5) is 15.7. The minimum absolute atomic E-state index is 0.149. The SMILES string of the molecule is Cc1cc(Oc2cc(C#N)ccc2-c2ncc(C(C)N)cn2)cc(N2CCOCC2)n1. The van der Waals surface area contributed by atoms with Crippen molar-refractivity contribution in [1.82, 2.24) is 15.0 Å². The molecule has 1 unspecified atom stereocenters. The average Bonchev–Trinajstić information content (AvgIpc) is 2.79. The van der Waals surface area contributed by atoms with Crippen LogP contribution in [0.5, 0.6) is 11.5 Å². The molecule has 158 valence electrons. The molecule has 3 aromatic rings. The number of pyridine rings is 1. The van der Waals surface area contributed by atoms with Gasteiger partial charge in [-0.3, -0.25) is 0 Å². The maximum atomic E-state index is 9.37. The molecule has 8 nitrogen and oxygen atoms in total. The molecule has 2 N–H and O–H groups in total. The normalized spacial score (nSPS) is 14.7. The number of nitriles is 1. The van der Waals surface area contributed by atoms with Crippen molar-refractivity contribution < 1.29 is 9.47 Å². The Balaban J connectivity index is 1.69. The van der Waals surface area contributed by atoms with E-state index in [1.807, 2.05) is 26.0 Å². The van der Waals surface area contributed by atoms with Crippen molar-refractivity contribution in [2.45, 2.75) is 19.9 Å². The van der Waals surface area contributed by atoms with Crippen LogP contribution in [0.15, 0.2) is 42.7 Å². The van der Waals surface area contributed by atoms with Crippen LogP contribution >= 0.6 is 0 Å². The molecule has 1 aromatic carbocycles. The van der Waals surface area contributed by atoms with Gasteiger partial charge in [0.2, 0.25) is 0 Å². The van der Waals surface area contributed by atoms with Crippen molar-refractivity contribution in [3.05, 3.63) is 59.5 Å². The van der Waals surface area contributed by atoms with Gasteiger partial charge in [-0.2, -0.15) is 5.26 Å². The third kappa shape index (κ3) is 4.79. The van der Waals surface area contributed by atoms with Crippen LogP contribution in [-0.2, 0) is 4.74 Å². The Morgan fingerprint density at radius 3 is 2.58 bits per heavy atom. The number of anilines is 1. The number of morpholine rings is 1. The number of ether oxygens (including phenoxy) is 2. The first-order valence-corrected chi connectivity index (χ1v) is 10.1. The highest BCUT2D eigenvalue weighted by molar-refractivity contribution is 5.66. The first-order chi connectivity index (χ1) is 15.0. The second kappa shape index (κ2) is 9.08. The van der Waals surface area contributed by atoms with E-state index in [1.54, 1.807) is 30.6 Å². The Kier molecular flexibility index (Phi) is 6.07. The van der Waals surface area contributed by atoms with Gasteiger partial charge in [-0.15, -0.1) is 0 Å². The van der Waals surface area contributed by atoms with E-state index in [0.717, 1.165) is 30.2 Å². The molecule has 1 aliphatic rings. The van der Waals surface area contributed by atoms with Crippen LogP contribution in [0.25, 0.3) is 11.4 Å². The third-order valence-corrected chi connectivity index (χ3v) is 5.03. The zero-order chi connectivity index (χ0) is 21.8. The lowest BCUT2D eigenvalue weighted by molar-refractivity contribution is 0.122. The van der Waals surface area contributed by atoms with Gasteiger partial charge in [0.15, 0.2) is 5.82 Å². The first kappa shape index (κ1) is 20.7. The van der Waals surface area contributed by atoms with Gasteiger partial charge in [0.25, 0.3) is 0 Å². The molecule has 1 aliphatic heterocycles. The number of rotatable bonds is 5. The maximum absolute atomic E-state index is 9.37. The lowest BCUT2D eigenvalue weighted by Crippen LogP contribution is -2.36. The van der Waals surface area contributed by atoms with Gasteiger partial charge >= 0.3 is 0 Å². The summed E-state index contributed by atoms with van der Waals surface area (Å²) < 4.78 is 11.7. The molecular formula is C23H24N6O2. The minimum Gasteiger partial charge on any atom is -0.456 e. The molecule has 0 radical (unpaired) electrons. The summed E-state index contributed by atoms with van der Waals surface area (Å²) in [5, 5.41) is 9.37. The van der Waals surface area contributed by atoms with E-state index in [0.29, 0.717) is 41.7 Å². The molecule has 3 heterocycles. The molecule has 0 spiro atoms. The van der Waals surface area contributed by atoms with Crippen molar-refractivity contribution in [2.24, 2.45) is 5.73 Å². The maximum Gasteiger partial charge on any atom is 0.162 e. The number of benzene rings is 1. The molecule has 0 aliphatic carbocycles. The van der Waals surface area contributed by atoms with E-state index in [-0.39, 0.29) is 6.04 Å². The van der Waals surface area contributed by atoms with E-state index in [9.17, 15) is 5.26 Å². The Morgan fingerprint density at radius 2 is 1.90 bits per heavy atom. The highest BCUT2D eigenvalue weighted by Crippen LogP contribution is 2.34. The van der Waals surface area contributed by atoms with Crippen LogP contribution in [0.2, 0.25) is 0 Å². The zero-order valence-electron chi connectivity index (χ0n) is 17.6. The van der Waals surface area contributed by atoms with Gasteiger partial charge in [0, 0.05) is 54.9 Å².